The molecule has 2 heterocycles. The number of hydrogen-bond acceptors (Lipinski definition) is 3. The predicted molar refractivity (Wildman–Crippen MR) is 75.5 cm³/mol. The second-order valence-electron chi connectivity index (χ2n) is 4.98. The maximum atomic E-state index is 5.19. The van der Waals surface area contributed by atoms with Crippen LogP contribution in [0.25, 0.3) is 11.1 Å². The molecule has 1 saturated heterocycles. The van der Waals surface area contributed by atoms with Gasteiger partial charge >= 0.3 is 0 Å². The molecule has 0 bridgehead atoms. The van der Waals surface area contributed by atoms with E-state index >= 15 is 0 Å². The van der Waals surface area contributed by atoms with Crippen molar-refractivity contribution in [1.82, 2.24) is 15.1 Å². The van der Waals surface area contributed by atoms with E-state index in [2.05, 4.69) is 40.4 Å². The zero-order valence-corrected chi connectivity index (χ0v) is 11.4. The van der Waals surface area contributed by atoms with Gasteiger partial charge in [0.2, 0.25) is 0 Å². The first-order valence-corrected chi connectivity index (χ1v) is 6.69. The van der Waals surface area contributed by atoms with E-state index in [9.17, 15) is 0 Å². The minimum absolute atomic E-state index is 0.491. The van der Waals surface area contributed by atoms with Crippen molar-refractivity contribution >= 4 is 0 Å². The van der Waals surface area contributed by atoms with Crippen molar-refractivity contribution in [2.24, 2.45) is 0 Å². The van der Waals surface area contributed by atoms with Crippen molar-refractivity contribution < 1.29 is 4.74 Å². The third-order valence-corrected chi connectivity index (χ3v) is 3.73. The van der Waals surface area contributed by atoms with Gasteiger partial charge in [-0.3, -0.25) is 4.68 Å². The van der Waals surface area contributed by atoms with E-state index in [1.807, 2.05) is 12.1 Å². The molecule has 1 aromatic heterocycles. The minimum atomic E-state index is 0.491. The number of ether oxygens (including phenoxy) is 1. The molecule has 19 heavy (non-hydrogen) atoms. The monoisotopic (exact) mass is 257 g/mol. The average molecular weight is 257 g/mol. The first kappa shape index (κ1) is 12.2. The Morgan fingerprint density at radius 2 is 2.11 bits per heavy atom. The number of methoxy groups -OCH3 is 1. The molecule has 1 atom stereocenters. The first-order chi connectivity index (χ1) is 9.28. The minimum Gasteiger partial charge on any atom is -0.497 e. The van der Waals surface area contributed by atoms with Crippen molar-refractivity contribution in [2.75, 3.05) is 20.2 Å². The van der Waals surface area contributed by atoms with Crippen LogP contribution in [0.15, 0.2) is 30.5 Å². The van der Waals surface area contributed by atoms with Gasteiger partial charge < -0.3 is 10.1 Å². The molecule has 0 amide bonds. The van der Waals surface area contributed by atoms with Gasteiger partial charge in [0, 0.05) is 18.3 Å². The SMILES string of the molecule is COc1ccc(-c2cn(C3CCNC3)nc2C)cc1. The van der Waals surface area contributed by atoms with E-state index < -0.39 is 0 Å². The number of nitrogens with zero attached hydrogens (tertiary/aromatic N) is 2. The Hall–Kier alpha value is -1.81. The molecule has 1 unspecified atom stereocenters. The molecular formula is C15H19N3O. The topological polar surface area (TPSA) is 39.1 Å². The molecule has 0 spiro atoms. The molecule has 1 N–H and O–H groups in total. The van der Waals surface area contributed by atoms with Gasteiger partial charge in [-0.15, -0.1) is 0 Å². The Morgan fingerprint density at radius 3 is 2.74 bits per heavy atom. The highest BCUT2D eigenvalue weighted by atomic mass is 16.5. The molecule has 0 aliphatic carbocycles. The van der Waals surface area contributed by atoms with E-state index in [4.69, 9.17) is 4.74 Å². The van der Waals surface area contributed by atoms with Gasteiger partial charge in [0.05, 0.1) is 18.8 Å². The van der Waals surface area contributed by atoms with Crippen molar-refractivity contribution in [3.63, 3.8) is 0 Å². The first-order valence-electron chi connectivity index (χ1n) is 6.69. The summed E-state index contributed by atoms with van der Waals surface area (Å²) in [6, 6.07) is 8.64. The third kappa shape index (κ3) is 2.36. The van der Waals surface area contributed by atoms with Crippen LogP contribution in [0.4, 0.5) is 0 Å². The lowest BCUT2D eigenvalue weighted by atomic mass is 10.1. The van der Waals surface area contributed by atoms with Crippen LogP contribution in [0, 0.1) is 6.92 Å². The molecule has 1 aromatic carbocycles. The Morgan fingerprint density at radius 1 is 1.32 bits per heavy atom. The van der Waals surface area contributed by atoms with Crippen LogP contribution in [-0.4, -0.2) is 30.0 Å². The van der Waals surface area contributed by atoms with Crippen LogP contribution < -0.4 is 10.1 Å². The van der Waals surface area contributed by atoms with Gasteiger partial charge in [-0.2, -0.15) is 5.10 Å². The number of rotatable bonds is 3. The smallest absolute Gasteiger partial charge is 0.118 e. The quantitative estimate of drug-likeness (QED) is 0.917. The average Bonchev–Trinajstić information content (AvgIpc) is 3.08. The molecular weight excluding hydrogens is 238 g/mol. The van der Waals surface area contributed by atoms with E-state index in [1.165, 1.54) is 11.1 Å². The van der Waals surface area contributed by atoms with Crippen LogP contribution >= 0.6 is 0 Å². The summed E-state index contributed by atoms with van der Waals surface area (Å²) in [5, 5.41) is 8.03. The normalized spacial score (nSPS) is 18.7. The fraction of sp³-hybridized carbons (Fsp3) is 0.400. The van der Waals surface area contributed by atoms with E-state index in [1.54, 1.807) is 7.11 Å². The van der Waals surface area contributed by atoms with E-state index in [0.717, 1.165) is 31.0 Å². The highest BCUT2D eigenvalue weighted by Crippen LogP contribution is 2.27. The molecule has 4 nitrogen and oxygen atoms in total. The van der Waals surface area contributed by atoms with Gasteiger partial charge in [0.15, 0.2) is 0 Å². The Kier molecular flexibility index (Phi) is 3.25. The Bertz CT molecular complexity index is 553. The Labute approximate surface area is 113 Å². The van der Waals surface area contributed by atoms with Crippen molar-refractivity contribution in [2.45, 2.75) is 19.4 Å². The zero-order chi connectivity index (χ0) is 13.2. The van der Waals surface area contributed by atoms with E-state index in [-0.39, 0.29) is 0 Å². The van der Waals surface area contributed by atoms with Crippen LogP contribution in [-0.2, 0) is 0 Å². The van der Waals surface area contributed by atoms with Crippen molar-refractivity contribution in [1.29, 1.82) is 0 Å². The lowest BCUT2D eigenvalue weighted by Crippen LogP contribution is -2.13. The highest BCUT2D eigenvalue weighted by molar-refractivity contribution is 5.65. The summed E-state index contributed by atoms with van der Waals surface area (Å²) >= 11 is 0. The van der Waals surface area contributed by atoms with Gasteiger partial charge in [0.25, 0.3) is 0 Å². The van der Waals surface area contributed by atoms with Gasteiger partial charge in [-0.05, 0) is 37.6 Å². The highest BCUT2D eigenvalue weighted by Gasteiger charge is 2.18. The van der Waals surface area contributed by atoms with Crippen molar-refractivity contribution in [3.05, 3.63) is 36.2 Å². The van der Waals surface area contributed by atoms with Crippen molar-refractivity contribution in [3.8, 4) is 16.9 Å². The molecule has 4 heteroatoms. The largest absolute Gasteiger partial charge is 0.497 e. The summed E-state index contributed by atoms with van der Waals surface area (Å²) in [4.78, 5) is 0. The summed E-state index contributed by atoms with van der Waals surface area (Å²) in [5.41, 5.74) is 3.47. The molecule has 1 fully saturated rings. The number of benzene rings is 1. The maximum Gasteiger partial charge on any atom is 0.118 e. The van der Waals surface area contributed by atoms with Gasteiger partial charge in [0.1, 0.15) is 5.75 Å². The summed E-state index contributed by atoms with van der Waals surface area (Å²) in [5.74, 6) is 0.883. The molecule has 0 saturated carbocycles. The second kappa shape index (κ2) is 5.05. The summed E-state index contributed by atoms with van der Waals surface area (Å²) in [6.07, 6.45) is 3.32. The second-order valence-corrected chi connectivity index (χ2v) is 4.98. The third-order valence-electron chi connectivity index (χ3n) is 3.73. The molecule has 100 valence electrons. The summed E-state index contributed by atoms with van der Waals surface area (Å²) < 4.78 is 7.30. The summed E-state index contributed by atoms with van der Waals surface area (Å²) in [6.45, 7) is 4.17. The van der Waals surface area contributed by atoms with E-state index in [0.29, 0.717) is 6.04 Å². The Balaban J connectivity index is 1.90. The van der Waals surface area contributed by atoms with Gasteiger partial charge in [-0.25, -0.2) is 0 Å². The van der Waals surface area contributed by atoms with Crippen LogP contribution in [0.5, 0.6) is 5.75 Å². The van der Waals surface area contributed by atoms with Gasteiger partial charge in [-0.1, -0.05) is 12.1 Å². The van der Waals surface area contributed by atoms with Crippen LogP contribution in [0.2, 0.25) is 0 Å². The zero-order valence-electron chi connectivity index (χ0n) is 11.4. The fourth-order valence-corrected chi connectivity index (χ4v) is 2.59. The summed E-state index contributed by atoms with van der Waals surface area (Å²) in [7, 11) is 1.69. The molecule has 3 rings (SSSR count). The molecule has 0 radical (unpaired) electrons. The standard InChI is InChI=1S/C15H19N3O/c1-11-15(12-3-5-14(19-2)6-4-12)10-18(17-11)13-7-8-16-9-13/h3-6,10,13,16H,7-9H2,1-2H3. The van der Waals surface area contributed by atoms with Crippen LogP contribution in [0.3, 0.4) is 0 Å². The number of hydrogen-bond donors (Lipinski definition) is 1. The molecule has 1 aliphatic rings. The van der Waals surface area contributed by atoms with Crippen LogP contribution in [0.1, 0.15) is 18.2 Å². The predicted octanol–water partition coefficient (Wildman–Crippen LogP) is 2.40. The number of nitrogens with one attached hydrogen (secondary N) is 1. The number of aryl methyl sites for hydroxylation is 1. The lowest BCUT2D eigenvalue weighted by Gasteiger charge is -2.07. The fourth-order valence-electron chi connectivity index (χ4n) is 2.59. The molecule has 1 aliphatic heterocycles. The number of aromatic nitrogens is 2. The maximum absolute atomic E-state index is 5.19. The lowest BCUT2D eigenvalue weighted by molar-refractivity contribution is 0.415. The molecule has 2 aromatic rings.